The van der Waals surface area contributed by atoms with Crippen molar-refractivity contribution < 1.29 is 23.9 Å². The van der Waals surface area contributed by atoms with Gasteiger partial charge in [0.1, 0.15) is 5.92 Å². The van der Waals surface area contributed by atoms with Crippen LogP contribution in [0.3, 0.4) is 0 Å². The Hall–Kier alpha value is -1.39. The Bertz CT molecular complexity index is 244. The molecule has 0 aromatic carbocycles. The summed E-state index contributed by atoms with van der Waals surface area (Å²) in [5, 5.41) is 0. The first kappa shape index (κ1) is 8.70. The van der Waals surface area contributed by atoms with Gasteiger partial charge in [-0.3, -0.25) is 9.59 Å². The number of esters is 3. The number of rotatable bonds is 1. The van der Waals surface area contributed by atoms with E-state index >= 15 is 0 Å². The van der Waals surface area contributed by atoms with Gasteiger partial charge in [-0.15, -0.1) is 0 Å². The highest BCUT2D eigenvalue weighted by atomic mass is 16.6. The third-order valence-electron chi connectivity index (χ3n) is 1.55. The van der Waals surface area contributed by atoms with Crippen molar-refractivity contribution in [3.8, 4) is 0 Å². The molecule has 1 fully saturated rings. The summed E-state index contributed by atoms with van der Waals surface area (Å²) in [6.07, 6.45) is -1.06. The predicted molar refractivity (Wildman–Crippen MR) is 35.8 cm³/mol. The molecular weight excluding hydrogens is 164 g/mol. The third-order valence-corrected chi connectivity index (χ3v) is 1.55. The van der Waals surface area contributed by atoms with Gasteiger partial charge in [-0.05, 0) is 6.92 Å². The lowest BCUT2D eigenvalue weighted by molar-refractivity contribution is -0.161. The van der Waals surface area contributed by atoms with Crippen LogP contribution < -0.4 is 0 Å². The first-order valence-corrected chi connectivity index (χ1v) is 3.45. The van der Waals surface area contributed by atoms with Crippen LogP contribution in [0, 0.1) is 5.92 Å². The lowest BCUT2D eigenvalue weighted by Gasteiger charge is -2.07. The molecule has 1 rings (SSSR count). The molecule has 0 N–H and O–H groups in total. The molecule has 0 unspecified atom stereocenters. The molecule has 1 heterocycles. The van der Waals surface area contributed by atoms with Crippen LogP contribution in [0.4, 0.5) is 0 Å². The predicted octanol–water partition coefficient (Wildman–Crippen LogP) is -0.362. The van der Waals surface area contributed by atoms with Gasteiger partial charge in [0, 0.05) is 6.92 Å². The highest BCUT2D eigenvalue weighted by Crippen LogP contribution is 2.19. The minimum absolute atomic E-state index is 0.599. The zero-order valence-corrected chi connectivity index (χ0v) is 6.70. The van der Waals surface area contributed by atoms with Crippen molar-refractivity contribution in [2.24, 2.45) is 5.92 Å². The van der Waals surface area contributed by atoms with Crippen LogP contribution in [-0.2, 0) is 23.9 Å². The van der Waals surface area contributed by atoms with Gasteiger partial charge in [0.2, 0.25) is 6.10 Å². The fraction of sp³-hybridized carbons (Fsp3) is 0.571. The summed E-state index contributed by atoms with van der Waals surface area (Å²) < 4.78 is 8.80. The van der Waals surface area contributed by atoms with Crippen LogP contribution in [0.2, 0.25) is 0 Å². The van der Waals surface area contributed by atoms with Gasteiger partial charge in [0.25, 0.3) is 0 Å². The molecule has 1 saturated heterocycles. The number of cyclic esters (lactones) is 2. The molecule has 0 amide bonds. The lowest BCUT2D eigenvalue weighted by atomic mass is 10.1. The van der Waals surface area contributed by atoms with E-state index in [0.717, 1.165) is 0 Å². The van der Waals surface area contributed by atoms with E-state index in [1.165, 1.54) is 13.8 Å². The molecule has 0 spiro atoms. The second-order valence-electron chi connectivity index (χ2n) is 2.56. The quantitative estimate of drug-likeness (QED) is 0.399. The molecule has 5 heteroatoms. The Morgan fingerprint density at radius 2 is 2.00 bits per heavy atom. The molecule has 1 aliphatic rings. The Labute approximate surface area is 68.6 Å². The molecule has 0 radical (unpaired) electrons. The Morgan fingerprint density at radius 3 is 2.33 bits per heavy atom. The molecule has 0 aromatic heterocycles. The second kappa shape index (κ2) is 2.92. The van der Waals surface area contributed by atoms with E-state index in [0.29, 0.717) is 0 Å². The van der Waals surface area contributed by atoms with Crippen LogP contribution in [0.5, 0.6) is 0 Å². The maximum Gasteiger partial charge on any atom is 0.356 e. The maximum atomic E-state index is 10.8. The SMILES string of the molecule is CC(=O)O[C@H]1C(=O)OC(=O)[C@@H]1C. The molecular formula is C7H8O5. The summed E-state index contributed by atoms with van der Waals surface area (Å²) in [5.74, 6) is -2.73. The van der Waals surface area contributed by atoms with Crippen LogP contribution in [0.1, 0.15) is 13.8 Å². The molecule has 12 heavy (non-hydrogen) atoms. The van der Waals surface area contributed by atoms with E-state index in [2.05, 4.69) is 9.47 Å². The molecule has 5 nitrogen and oxygen atoms in total. The van der Waals surface area contributed by atoms with E-state index in [-0.39, 0.29) is 0 Å². The maximum absolute atomic E-state index is 10.8. The molecule has 2 atom stereocenters. The number of carbonyl (C=O) groups is 3. The molecule has 0 aliphatic carbocycles. The third kappa shape index (κ3) is 1.44. The van der Waals surface area contributed by atoms with E-state index in [1.807, 2.05) is 0 Å². The average Bonchev–Trinajstić information content (AvgIpc) is 2.16. The van der Waals surface area contributed by atoms with Crippen molar-refractivity contribution in [1.29, 1.82) is 0 Å². The molecule has 1 aliphatic heterocycles. The highest BCUT2D eigenvalue weighted by molar-refractivity contribution is 5.98. The van der Waals surface area contributed by atoms with E-state index in [4.69, 9.17) is 0 Å². The van der Waals surface area contributed by atoms with Crippen molar-refractivity contribution in [3.05, 3.63) is 0 Å². The van der Waals surface area contributed by atoms with Crippen LogP contribution in [0.25, 0.3) is 0 Å². The lowest BCUT2D eigenvalue weighted by Crippen LogP contribution is -2.27. The summed E-state index contributed by atoms with van der Waals surface area (Å²) in [5.41, 5.74) is 0. The monoisotopic (exact) mass is 172 g/mol. The van der Waals surface area contributed by atoms with Gasteiger partial charge in [-0.1, -0.05) is 0 Å². The fourth-order valence-electron chi connectivity index (χ4n) is 0.907. The Balaban J connectivity index is 2.70. The fourth-order valence-corrected chi connectivity index (χ4v) is 0.907. The normalized spacial score (nSPS) is 28.5. The number of hydrogen-bond acceptors (Lipinski definition) is 5. The van der Waals surface area contributed by atoms with Gasteiger partial charge < -0.3 is 9.47 Å². The van der Waals surface area contributed by atoms with Crippen molar-refractivity contribution in [2.45, 2.75) is 20.0 Å². The summed E-state index contributed by atoms with van der Waals surface area (Å²) in [7, 11) is 0. The minimum Gasteiger partial charge on any atom is -0.450 e. The topological polar surface area (TPSA) is 69.7 Å². The van der Waals surface area contributed by atoms with Crippen molar-refractivity contribution in [1.82, 2.24) is 0 Å². The first-order chi connectivity index (χ1) is 5.52. The minimum atomic E-state index is -1.06. The number of ether oxygens (including phenoxy) is 2. The Kier molecular flexibility index (Phi) is 2.12. The largest absolute Gasteiger partial charge is 0.450 e. The van der Waals surface area contributed by atoms with Gasteiger partial charge >= 0.3 is 17.9 Å². The standard InChI is InChI=1S/C7H8O5/c1-3-5(11-4(2)8)7(10)12-6(3)9/h3,5H,1-2H3/t3-,5-/m1/s1. The smallest absolute Gasteiger partial charge is 0.356 e. The van der Waals surface area contributed by atoms with Crippen LogP contribution >= 0.6 is 0 Å². The molecule has 0 bridgehead atoms. The summed E-state index contributed by atoms with van der Waals surface area (Å²) in [6.45, 7) is 2.64. The van der Waals surface area contributed by atoms with Gasteiger partial charge in [-0.25, -0.2) is 4.79 Å². The van der Waals surface area contributed by atoms with Gasteiger partial charge in [0.05, 0.1) is 0 Å². The first-order valence-electron chi connectivity index (χ1n) is 3.45. The highest BCUT2D eigenvalue weighted by Gasteiger charge is 2.43. The second-order valence-corrected chi connectivity index (χ2v) is 2.56. The van der Waals surface area contributed by atoms with Crippen LogP contribution in [-0.4, -0.2) is 24.0 Å². The zero-order valence-electron chi connectivity index (χ0n) is 6.70. The number of carbonyl (C=O) groups excluding carboxylic acids is 3. The van der Waals surface area contributed by atoms with Gasteiger partial charge in [0.15, 0.2) is 0 Å². The van der Waals surface area contributed by atoms with Crippen LogP contribution in [0.15, 0.2) is 0 Å². The van der Waals surface area contributed by atoms with Crippen molar-refractivity contribution in [3.63, 3.8) is 0 Å². The van der Waals surface area contributed by atoms with E-state index in [9.17, 15) is 14.4 Å². The number of hydrogen-bond donors (Lipinski definition) is 0. The average molecular weight is 172 g/mol. The van der Waals surface area contributed by atoms with Crippen molar-refractivity contribution in [2.75, 3.05) is 0 Å². The zero-order chi connectivity index (χ0) is 9.30. The molecule has 0 saturated carbocycles. The summed E-state index contributed by atoms with van der Waals surface area (Å²) in [6, 6.07) is 0. The van der Waals surface area contributed by atoms with Gasteiger partial charge in [-0.2, -0.15) is 0 Å². The summed E-state index contributed by atoms with van der Waals surface area (Å²) in [4.78, 5) is 32.0. The molecule has 66 valence electrons. The van der Waals surface area contributed by atoms with E-state index in [1.54, 1.807) is 0 Å². The Morgan fingerprint density at radius 1 is 1.42 bits per heavy atom. The van der Waals surface area contributed by atoms with E-state index < -0.39 is 29.9 Å². The van der Waals surface area contributed by atoms with Crippen molar-refractivity contribution >= 4 is 17.9 Å². The molecule has 0 aromatic rings. The summed E-state index contributed by atoms with van der Waals surface area (Å²) >= 11 is 0.